The number of benzene rings is 2. The summed E-state index contributed by atoms with van der Waals surface area (Å²) in [4.78, 5) is 22.6. The normalized spacial score (nSPS) is 10.3. The van der Waals surface area contributed by atoms with E-state index in [0.29, 0.717) is 10.6 Å². The number of carbonyl (C=O) groups excluding carboxylic acids is 1. The van der Waals surface area contributed by atoms with E-state index in [1.165, 1.54) is 32.2 Å². The zero-order chi connectivity index (χ0) is 16.1. The summed E-state index contributed by atoms with van der Waals surface area (Å²) in [5, 5.41) is 11.2. The Morgan fingerprint density at radius 2 is 1.91 bits per heavy atom. The number of nitro groups is 1. The van der Waals surface area contributed by atoms with Crippen LogP contribution in [-0.4, -0.2) is 17.8 Å². The van der Waals surface area contributed by atoms with Crippen LogP contribution in [0.1, 0.15) is 17.3 Å². The number of nitro benzene ring substituents is 1. The van der Waals surface area contributed by atoms with Crippen LogP contribution in [-0.2, 0) is 4.18 Å². The van der Waals surface area contributed by atoms with Crippen molar-refractivity contribution in [1.82, 2.24) is 0 Å². The third-order valence-corrected chi connectivity index (χ3v) is 3.49. The molecule has 0 spiro atoms. The van der Waals surface area contributed by atoms with Gasteiger partial charge in [0, 0.05) is 23.7 Å². The highest BCUT2D eigenvalue weighted by Crippen LogP contribution is 2.37. The molecule has 7 heteroatoms. The molecular weight excluding hydrogens is 306 g/mol. The van der Waals surface area contributed by atoms with E-state index in [1.807, 2.05) is 6.07 Å². The van der Waals surface area contributed by atoms with E-state index in [4.69, 9.17) is 8.92 Å². The molecule has 2 rings (SSSR count). The molecule has 22 heavy (non-hydrogen) atoms. The van der Waals surface area contributed by atoms with Crippen LogP contribution in [0.5, 0.6) is 11.5 Å². The molecule has 0 fully saturated rings. The molecule has 0 radical (unpaired) electrons. The summed E-state index contributed by atoms with van der Waals surface area (Å²) in [5.74, 6) is 0.261. The molecule has 114 valence electrons. The highest BCUT2D eigenvalue weighted by Gasteiger charge is 2.19. The van der Waals surface area contributed by atoms with Gasteiger partial charge in [0.05, 0.1) is 16.9 Å². The maximum absolute atomic E-state index is 11.3. The number of rotatable bonds is 6. The fourth-order valence-electron chi connectivity index (χ4n) is 1.78. The van der Waals surface area contributed by atoms with Gasteiger partial charge in [0.2, 0.25) is 5.75 Å². The molecular formula is C15H13NO5S. The Kier molecular flexibility index (Phi) is 5.13. The zero-order valence-electron chi connectivity index (χ0n) is 11.9. The molecule has 0 unspecified atom stereocenters. The molecule has 0 amide bonds. The summed E-state index contributed by atoms with van der Waals surface area (Å²) in [6.07, 6.45) is 0. The van der Waals surface area contributed by atoms with Gasteiger partial charge >= 0.3 is 5.69 Å². The van der Waals surface area contributed by atoms with Crippen LogP contribution in [0.15, 0.2) is 47.4 Å². The van der Waals surface area contributed by atoms with E-state index in [-0.39, 0.29) is 22.8 Å². The zero-order valence-corrected chi connectivity index (χ0v) is 12.8. The van der Waals surface area contributed by atoms with Crippen LogP contribution in [0.25, 0.3) is 0 Å². The molecule has 0 heterocycles. The van der Waals surface area contributed by atoms with Crippen molar-refractivity contribution in [2.24, 2.45) is 0 Å². The second kappa shape index (κ2) is 7.06. The van der Waals surface area contributed by atoms with Crippen molar-refractivity contribution in [2.75, 3.05) is 7.11 Å². The number of Topliss-reactive ketones (excluding diaryl/α,β-unsaturated/α-hetero) is 1. The van der Waals surface area contributed by atoms with Crippen LogP contribution in [0.4, 0.5) is 5.69 Å². The lowest BCUT2D eigenvalue weighted by Crippen LogP contribution is -1.98. The summed E-state index contributed by atoms with van der Waals surface area (Å²) in [6.45, 7) is 1.35. The van der Waals surface area contributed by atoms with Crippen LogP contribution < -0.4 is 4.74 Å². The number of ether oxygens (including phenoxy) is 1. The highest BCUT2D eigenvalue weighted by atomic mass is 32.2. The summed E-state index contributed by atoms with van der Waals surface area (Å²) in [7, 11) is 1.52. The lowest BCUT2D eigenvalue weighted by atomic mass is 10.1. The second-order valence-corrected chi connectivity index (χ2v) is 5.23. The minimum Gasteiger partial charge on any atom is -0.449 e. The van der Waals surface area contributed by atoms with Gasteiger partial charge in [0.25, 0.3) is 0 Å². The van der Waals surface area contributed by atoms with Gasteiger partial charge in [-0.3, -0.25) is 14.9 Å². The number of nitrogens with zero attached hydrogens (tertiary/aromatic N) is 1. The van der Waals surface area contributed by atoms with Gasteiger partial charge in [0.1, 0.15) is 5.75 Å². The van der Waals surface area contributed by atoms with Crippen molar-refractivity contribution in [3.05, 3.63) is 58.1 Å². The standard InChI is InChI=1S/C15H13NO5S/c1-10(17)11-7-8-13(12(9-11)16(18)19)21-14-5-3-4-6-15(14)22-20-2/h3-9H,1-2H3. The smallest absolute Gasteiger partial charge is 0.312 e. The van der Waals surface area contributed by atoms with Gasteiger partial charge in [0.15, 0.2) is 5.78 Å². The van der Waals surface area contributed by atoms with Gasteiger partial charge in [-0.05, 0) is 31.2 Å². The molecule has 6 nitrogen and oxygen atoms in total. The van der Waals surface area contributed by atoms with Gasteiger partial charge < -0.3 is 8.92 Å². The maximum atomic E-state index is 11.3. The van der Waals surface area contributed by atoms with E-state index >= 15 is 0 Å². The predicted molar refractivity (Wildman–Crippen MR) is 82.5 cm³/mol. The average molecular weight is 319 g/mol. The average Bonchev–Trinajstić information content (AvgIpc) is 2.49. The molecule has 2 aromatic rings. The van der Waals surface area contributed by atoms with Gasteiger partial charge in [-0.25, -0.2) is 0 Å². The molecule has 0 aliphatic heterocycles. The van der Waals surface area contributed by atoms with Gasteiger partial charge in [-0.1, -0.05) is 12.1 Å². The number of para-hydroxylation sites is 1. The number of hydrogen-bond donors (Lipinski definition) is 0. The fourth-order valence-corrected chi connectivity index (χ4v) is 2.28. The van der Waals surface area contributed by atoms with Crippen molar-refractivity contribution in [2.45, 2.75) is 11.8 Å². The third-order valence-electron chi connectivity index (χ3n) is 2.80. The maximum Gasteiger partial charge on any atom is 0.312 e. The Morgan fingerprint density at radius 3 is 2.55 bits per heavy atom. The number of carbonyl (C=O) groups is 1. The molecule has 0 aliphatic rings. The molecule has 0 bridgehead atoms. The fraction of sp³-hybridized carbons (Fsp3) is 0.133. The SMILES string of the molecule is COSc1ccccc1Oc1ccc(C(C)=O)cc1[N+](=O)[O-]. The van der Waals surface area contributed by atoms with E-state index in [9.17, 15) is 14.9 Å². The number of hydrogen-bond acceptors (Lipinski definition) is 6. The van der Waals surface area contributed by atoms with Crippen LogP contribution >= 0.6 is 12.0 Å². The lowest BCUT2D eigenvalue weighted by Gasteiger charge is -2.10. The number of ketones is 1. The Bertz CT molecular complexity index is 717. The van der Waals surface area contributed by atoms with E-state index in [2.05, 4.69) is 0 Å². The quantitative estimate of drug-likeness (QED) is 0.343. The van der Waals surface area contributed by atoms with Gasteiger partial charge in [-0.2, -0.15) is 0 Å². The summed E-state index contributed by atoms with van der Waals surface area (Å²) in [5.41, 5.74) is 0.00326. The first-order chi connectivity index (χ1) is 10.5. The van der Waals surface area contributed by atoms with E-state index in [0.717, 1.165) is 12.0 Å². The highest BCUT2D eigenvalue weighted by molar-refractivity contribution is 7.94. The Hall–Kier alpha value is -2.38. The minimum atomic E-state index is -0.576. The topological polar surface area (TPSA) is 78.7 Å². The molecule has 0 atom stereocenters. The van der Waals surface area contributed by atoms with Crippen LogP contribution in [0.2, 0.25) is 0 Å². The lowest BCUT2D eigenvalue weighted by molar-refractivity contribution is -0.385. The first kappa shape index (κ1) is 16.0. The first-order valence-corrected chi connectivity index (χ1v) is 7.04. The van der Waals surface area contributed by atoms with Crippen molar-refractivity contribution in [3.8, 4) is 11.5 Å². The van der Waals surface area contributed by atoms with Crippen LogP contribution in [0.3, 0.4) is 0 Å². The summed E-state index contributed by atoms with van der Waals surface area (Å²) < 4.78 is 10.6. The predicted octanol–water partition coefficient (Wildman–Crippen LogP) is 4.24. The Morgan fingerprint density at radius 1 is 1.18 bits per heavy atom. The molecule has 0 saturated carbocycles. The van der Waals surface area contributed by atoms with E-state index in [1.54, 1.807) is 18.2 Å². The van der Waals surface area contributed by atoms with Crippen molar-refractivity contribution in [1.29, 1.82) is 0 Å². The molecule has 0 saturated heterocycles. The summed E-state index contributed by atoms with van der Waals surface area (Å²) >= 11 is 1.09. The van der Waals surface area contributed by atoms with E-state index < -0.39 is 4.92 Å². The van der Waals surface area contributed by atoms with Crippen LogP contribution in [0, 0.1) is 10.1 Å². The second-order valence-electron chi connectivity index (χ2n) is 4.29. The largest absolute Gasteiger partial charge is 0.449 e. The van der Waals surface area contributed by atoms with Crippen molar-refractivity contribution in [3.63, 3.8) is 0 Å². The summed E-state index contributed by atoms with van der Waals surface area (Å²) in [6, 6.07) is 11.2. The Labute approximate surface area is 131 Å². The third kappa shape index (κ3) is 3.63. The van der Waals surface area contributed by atoms with Crippen molar-refractivity contribution < 1.29 is 18.6 Å². The minimum absolute atomic E-state index is 0.0687. The molecule has 0 aliphatic carbocycles. The monoisotopic (exact) mass is 319 g/mol. The Balaban J connectivity index is 2.41. The molecule has 0 N–H and O–H groups in total. The van der Waals surface area contributed by atoms with Gasteiger partial charge in [-0.15, -0.1) is 0 Å². The van der Waals surface area contributed by atoms with Crippen molar-refractivity contribution >= 4 is 23.5 Å². The first-order valence-electron chi connectivity index (χ1n) is 6.30. The molecule has 2 aromatic carbocycles. The molecule has 0 aromatic heterocycles.